The Morgan fingerprint density at radius 1 is 1.19 bits per heavy atom. The van der Waals surface area contributed by atoms with Crippen molar-refractivity contribution in [3.8, 4) is 0 Å². The molecule has 0 aliphatic carbocycles. The van der Waals surface area contributed by atoms with Crippen LogP contribution in [-0.4, -0.2) is 62.7 Å². The van der Waals surface area contributed by atoms with E-state index in [1.807, 2.05) is 7.05 Å². The van der Waals surface area contributed by atoms with Crippen molar-refractivity contribution in [2.24, 2.45) is 4.99 Å². The van der Waals surface area contributed by atoms with Gasteiger partial charge in [-0.25, -0.2) is 0 Å². The summed E-state index contributed by atoms with van der Waals surface area (Å²) < 4.78 is 0. The summed E-state index contributed by atoms with van der Waals surface area (Å²) in [6.07, 6.45) is 4.81. The molecule has 152 valence electrons. The number of benzene rings is 1. The van der Waals surface area contributed by atoms with Gasteiger partial charge in [-0.15, -0.1) is 24.0 Å². The minimum Gasteiger partial charge on any atom is -0.367 e. The van der Waals surface area contributed by atoms with Gasteiger partial charge < -0.3 is 20.4 Å². The Kier molecular flexibility index (Phi) is 9.15. The van der Waals surface area contributed by atoms with Crippen molar-refractivity contribution in [1.82, 2.24) is 15.5 Å². The largest absolute Gasteiger partial charge is 0.367 e. The highest BCUT2D eigenvalue weighted by atomic mass is 127. The molecule has 0 spiro atoms. The molecule has 6 heteroatoms. The molecule has 5 nitrogen and oxygen atoms in total. The summed E-state index contributed by atoms with van der Waals surface area (Å²) in [6.45, 7) is 10.1. The van der Waals surface area contributed by atoms with E-state index >= 15 is 0 Å². The fourth-order valence-corrected chi connectivity index (χ4v) is 4.27. The number of fused-ring (bicyclic) bond motifs is 1. The molecule has 1 atom stereocenters. The van der Waals surface area contributed by atoms with E-state index in [2.05, 4.69) is 63.5 Å². The van der Waals surface area contributed by atoms with Gasteiger partial charge in [-0.3, -0.25) is 4.99 Å². The molecule has 0 aromatic heterocycles. The summed E-state index contributed by atoms with van der Waals surface area (Å²) in [5.74, 6) is 0.944. The van der Waals surface area contributed by atoms with Crippen molar-refractivity contribution in [1.29, 1.82) is 0 Å². The number of nitrogens with one attached hydrogen (secondary N) is 2. The summed E-state index contributed by atoms with van der Waals surface area (Å²) in [7, 11) is 1.87. The number of aliphatic imine (C=N–C) groups is 1. The van der Waals surface area contributed by atoms with E-state index in [0.717, 1.165) is 25.5 Å². The molecule has 2 N–H and O–H groups in total. The van der Waals surface area contributed by atoms with Crippen molar-refractivity contribution in [3.05, 3.63) is 29.8 Å². The van der Waals surface area contributed by atoms with Crippen LogP contribution >= 0.6 is 24.0 Å². The molecule has 0 radical (unpaired) electrons. The van der Waals surface area contributed by atoms with Crippen LogP contribution in [0.4, 0.5) is 5.69 Å². The first-order valence-corrected chi connectivity index (χ1v) is 10.2. The molecule has 1 unspecified atom stereocenters. The third-order valence-corrected chi connectivity index (χ3v) is 5.69. The lowest BCUT2D eigenvalue weighted by atomic mass is 10.1. The number of hydrogen-bond donors (Lipinski definition) is 2. The van der Waals surface area contributed by atoms with Crippen LogP contribution in [0, 0.1) is 0 Å². The highest BCUT2D eigenvalue weighted by molar-refractivity contribution is 14.0. The average molecular weight is 485 g/mol. The van der Waals surface area contributed by atoms with Gasteiger partial charge in [-0.05, 0) is 50.8 Å². The lowest BCUT2D eigenvalue weighted by Crippen LogP contribution is -2.50. The van der Waals surface area contributed by atoms with Crippen LogP contribution in [0.25, 0.3) is 0 Å². The topological polar surface area (TPSA) is 42.9 Å². The van der Waals surface area contributed by atoms with Gasteiger partial charge in [0, 0.05) is 51.0 Å². The van der Waals surface area contributed by atoms with Gasteiger partial charge >= 0.3 is 0 Å². The second-order valence-corrected chi connectivity index (χ2v) is 7.63. The number of nitrogens with zero attached hydrogens (tertiary/aromatic N) is 3. The van der Waals surface area contributed by atoms with E-state index in [0.29, 0.717) is 12.1 Å². The maximum Gasteiger partial charge on any atom is 0.191 e. The summed E-state index contributed by atoms with van der Waals surface area (Å²) in [5, 5.41) is 7.13. The van der Waals surface area contributed by atoms with Crippen LogP contribution < -0.4 is 15.5 Å². The van der Waals surface area contributed by atoms with Crippen LogP contribution in [0.3, 0.4) is 0 Å². The van der Waals surface area contributed by atoms with Crippen molar-refractivity contribution in [2.75, 3.05) is 44.7 Å². The van der Waals surface area contributed by atoms with Gasteiger partial charge in [-0.1, -0.05) is 25.1 Å². The number of para-hydroxylation sites is 1. The molecule has 1 aromatic carbocycles. The number of halogens is 1. The molecule has 27 heavy (non-hydrogen) atoms. The van der Waals surface area contributed by atoms with Gasteiger partial charge in [-0.2, -0.15) is 0 Å². The molecule has 2 heterocycles. The number of rotatable bonds is 6. The number of anilines is 1. The predicted molar refractivity (Wildman–Crippen MR) is 127 cm³/mol. The van der Waals surface area contributed by atoms with Gasteiger partial charge in [0.1, 0.15) is 0 Å². The quantitative estimate of drug-likeness (QED) is 0.369. The summed E-state index contributed by atoms with van der Waals surface area (Å²) in [6, 6.07) is 9.90. The fourth-order valence-electron chi connectivity index (χ4n) is 4.27. The Morgan fingerprint density at radius 2 is 1.93 bits per heavy atom. The minimum absolute atomic E-state index is 0. The van der Waals surface area contributed by atoms with Crippen molar-refractivity contribution < 1.29 is 0 Å². The molecule has 0 amide bonds. The maximum absolute atomic E-state index is 4.43. The van der Waals surface area contributed by atoms with E-state index in [-0.39, 0.29) is 24.0 Å². The predicted octanol–water partition coefficient (Wildman–Crippen LogP) is 3.10. The second kappa shape index (κ2) is 11.1. The van der Waals surface area contributed by atoms with Crippen molar-refractivity contribution in [2.45, 2.75) is 51.6 Å². The number of piperidine rings is 1. The van der Waals surface area contributed by atoms with Gasteiger partial charge in [0.25, 0.3) is 0 Å². The second-order valence-electron chi connectivity index (χ2n) is 7.63. The van der Waals surface area contributed by atoms with E-state index in [4.69, 9.17) is 0 Å². The van der Waals surface area contributed by atoms with E-state index in [1.54, 1.807) is 0 Å². The molecule has 2 aliphatic heterocycles. The molecule has 3 rings (SSSR count). The third kappa shape index (κ3) is 5.98. The molecule has 0 saturated carbocycles. The Bertz CT molecular complexity index is 598. The van der Waals surface area contributed by atoms with Crippen LogP contribution in [0.2, 0.25) is 0 Å². The molecule has 1 aromatic rings. The van der Waals surface area contributed by atoms with Gasteiger partial charge in [0.05, 0.1) is 0 Å². The Balaban J connectivity index is 0.00000261. The van der Waals surface area contributed by atoms with Crippen LogP contribution in [0.1, 0.15) is 38.7 Å². The number of hydrogen-bond acceptors (Lipinski definition) is 3. The molecule has 0 bridgehead atoms. The van der Waals surface area contributed by atoms with Gasteiger partial charge in [0.2, 0.25) is 0 Å². The Hall–Kier alpha value is -1.02. The Morgan fingerprint density at radius 3 is 2.63 bits per heavy atom. The minimum atomic E-state index is 0. The van der Waals surface area contributed by atoms with E-state index < -0.39 is 0 Å². The smallest absolute Gasteiger partial charge is 0.191 e. The lowest BCUT2D eigenvalue weighted by molar-refractivity contribution is 0.206. The zero-order valence-corrected chi connectivity index (χ0v) is 19.4. The monoisotopic (exact) mass is 485 g/mol. The first kappa shape index (κ1) is 22.3. The fraction of sp³-hybridized carbons (Fsp3) is 0.667. The molecule has 1 fully saturated rings. The van der Waals surface area contributed by atoms with Crippen LogP contribution in [0.5, 0.6) is 0 Å². The number of guanidine groups is 1. The van der Waals surface area contributed by atoms with Crippen molar-refractivity contribution in [3.63, 3.8) is 0 Å². The third-order valence-electron chi connectivity index (χ3n) is 5.69. The maximum atomic E-state index is 4.43. The summed E-state index contributed by atoms with van der Waals surface area (Å²) >= 11 is 0. The normalized spacial score (nSPS) is 20.9. The first-order valence-electron chi connectivity index (χ1n) is 10.2. The molecular formula is C21H36IN5. The average Bonchev–Trinajstić information content (AvgIpc) is 2.98. The summed E-state index contributed by atoms with van der Waals surface area (Å²) in [4.78, 5) is 9.51. The summed E-state index contributed by atoms with van der Waals surface area (Å²) in [5.41, 5.74) is 2.87. The first-order chi connectivity index (χ1) is 12.7. The lowest BCUT2D eigenvalue weighted by Gasteiger charge is -2.33. The van der Waals surface area contributed by atoms with Crippen LogP contribution in [0.15, 0.2) is 29.3 Å². The van der Waals surface area contributed by atoms with Crippen molar-refractivity contribution >= 4 is 35.6 Å². The Labute approximate surface area is 182 Å². The van der Waals surface area contributed by atoms with Crippen LogP contribution in [-0.2, 0) is 6.42 Å². The SMILES string of the molecule is CCCN1CCC(NC(=NC)NCCN2c3ccccc3CC2C)CC1.I. The highest BCUT2D eigenvalue weighted by Crippen LogP contribution is 2.31. The standard InChI is InChI=1S/C21H35N5.HI/c1-4-12-25-13-9-19(10-14-25)24-21(22-3)23-11-15-26-17(2)16-18-7-5-6-8-20(18)26;/h5-8,17,19H,4,9-16H2,1-3H3,(H2,22,23,24);1H. The molecule has 1 saturated heterocycles. The zero-order chi connectivity index (χ0) is 18.4. The molecular weight excluding hydrogens is 449 g/mol. The number of likely N-dealkylation sites (tertiary alicyclic amines) is 1. The highest BCUT2D eigenvalue weighted by Gasteiger charge is 2.25. The van der Waals surface area contributed by atoms with E-state index in [9.17, 15) is 0 Å². The molecule has 2 aliphatic rings. The zero-order valence-electron chi connectivity index (χ0n) is 17.1. The van der Waals surface area contributed by atoms with E-state index in [1.165, 1.54) is 50.1 Å². The van der Waals surface area contributed by atoms with Gasteiger partial charge in [0.15, 0.2) is 5.96 Å².